The number of carbonyl (C=O) groups excluding carboxylic acids is 1. The predicted molar refractivity (Wildman–Crippen MR) is 85.5 cm³/mol. The Kier molecular flexibility index (Phi) is 4.77. The maximum Gasteiger partial charge on any atom is 0.253 e. The summed E-state index contributed by atoms with van der Waals surface area (Å²) in [7, 11) is 3.57. The van der Waals surface area contributed by atoms with Crippen molar-refractivity contribution in [1.82, 2.24) is 10.3 Å². The molecule has 0 fully saturated rings. The van der Waals surface area contributed by atoms with Crippen LogP contribution in [0.25, 0.3) is 0 Å². The fourth-order valence-corrected chi connectivity index (χ4v) is 2.14. The summed E-state index contributed by atoms with van der Waals surface area (Å²) in [6.07, 6.45) is 2.59. The Morgan fingerprint density at radius 1 is 1.33 bits per heavy atom. The van der Waals surface area contributed by atoms with Crippen molar-refractivity contribution in [3.05, 3.63) is 53.9 Å². The summed E-state index contributed by atoms with van der Waals surface area (Å²) in [6.45, 7) is 0.754. The van der Waals surface area contributed by atoms with Crippen LogP contribution in [0.1, 0.15) is 16.1 Å². The lowest BCUT2D eigenvalue weighted by atomic mass is 10.1. The van der Waals surface area contributed by atoms with E-state index in [1.807, 2.05) is 36.2 Å². The van der Waals surface area contributed by atoms with Crippen LogP contribution in [-0.2, 0) is 6.42 Å². The predicted octanol–water partition coefficient (Wildman–Crippen LogP) is 1.70. The zero-order chi connectivity index (χ0) is 15.2. The molecule has 0 saturated heterocycles. The monoisotopic (exact) mass is 284 g/mol. The highest BCUT2D eigenvalue weighted by Crippen LogP contribution is 2.23. The van der Waals surface area contributed by atoms with Crippen LogP contribution in [0.2, 0.25) is 0 Å². The van der Waals surface area contributed by atoms with Crippen molar-refractivity contribution in [3.8, 4) is 0 Å². The number of nitrogens with zero attached hydrogens (tertiary/aromatic N) is 2. The van der Waals surface area contributed by atoms with E-state index in [-0.39, 0.29) is 5.91 Å². The average molecular weight is 284 g/mol. The van der Waals surface area contributed by atoms with Crippen LogP contribution in [0.4, 0.5) is 11.4 Å². The number of aromatic nitrogens is 1. The molecule has 1 amide bonds. The van der Waals surface area contributed by atoms with Crippen LogP contribution in [-0.4, -0.2) is 31.5 Å². The summed E-state index contributed by atoms with van der Waals surface area (Å²) < 4.78 is 0. The molecule has 2 rings (SSSR count). The first kappa shape index (κ1) is 14.8. The van der Waals surface area contributed by atoms with Crippen LogP contribution in [0.5, 0.6) is 0 Å². The van der Waals surface area contributed by atoms with Gasteiger partial charge in [-0.2, -0.15) is 0 Å². The highest BCUT2D eigenvalue weighted by atomic mass is 16.1. The Hall–Kier alpha value is -2.56. The number of rotatable bonds is 5. The summed E-state index contributed by atoms with van der Waals surface area (Å²) >= 11 is 0. The van der Waals surface area contributed by atoms with Crippen molar-refractivity contribution in [3.63, 3.8) is 0 Å². The van der Waals surface area contributed by atoms with Crippen LogP contribution in [0, 0.1) is 0 Å². The Balaban J connectivity index is 2.16. The highest BCUT2D eigenvalue weighted by molar-refractivity contribution is 6.00. The fraction of sp³-hybridized carbons (Fsp3) is 0.250. The van der Waals surface area contributed by atoms with E-state index in [4.69, 9.17) is 5.73 Å². The summed E-state index contributed by atoms with van der Waals surface area (Å²) in [5, 5.41) is 2.65. The molecule has 0 spiro atoms. The minimum Gasteiger partial charge on any atom is -0.399 e. The van der Waals surface area contributed by atoms with Gasteiger partial charge in [0.05, 0.1) is 11.3 Å². The number of nitrogens with two attached hydrogens (primary N) is 1. The number of amides is 1. The smallest absolute Gasteiger partial charge is 0.253 e. The first-order valence-electron chi connectivity index (χ1n) is 6.84. The number of likely N-dealkylation sites (N-methyl/N-ethyl adjacent to an activating group) is 1. The molecule has 0 aliphatic rings. The van der Waals surface area contributed by atoms with Crippen molar-refractivity contribution in [2.45, 2.75) is 6.42 Å². The van der Waals surface area contributed by atoms with Crippen LogP contribution < -0.4 is 16.0 Å². The normalized spacial score (nSPS) is 10.2. The van der Waals surface area contributed by atoms with Gasteiger partial charge in [-0.15, -0.1) is 0 Å². The number of pyridine rings is 1. The standard InChI is InChI=1S/C16H20N4O/c1-18-16(21)14-7-6-12(17)11-15(14)20(2)10-8-13-5-3-4-9-19-13/h3-7,9,11H,8,10,17H2,1-2H3,(H,18,21). The molecule has 0 bridgehead atoms. The highest BCUT2D eigenvalue weighted by Gasteiger charge is 2.13. The fourth-order valence-electron chi connectivity index (χ4n) is 2.14. The van der Waals surface area contributed by atoms with Crippen LogP contribution >= 0.6 is 0 Å². The molecule has 1 heterocycles. The maximum absolute atomic E-state index is 11.9. The van der Waals surface area contributed by atoms with Gasteiger partial charge in [0.1, 0.15) is 0 Å². The van der Waals surface area contributed by atoms with Gasteiger partial charge in [0.2, 0.25) is 0 Å². The molecule has 21 heavy (non-hydrogen) atoms. The van der Waals surface area contributed by atoms with E-state index in [0.717, 1.165) is 24.3 Å². The third-order valence-electron chi connectivity index (χ3n) is 3.33. The molecule has 0 saturated carbocycles. The van der Waals surface area contributed by atoms with E-state index >= 15 is 0 Å². The van der Waals surface area contributed by atoms with Crippen LogP contribution in [0.3, 0.4) is 0 Å². The van der Waals surface area contributed by atoms with Crippen molar-refractivity contribution in [2.75, 3.05) is 31.3 Å². The zero-order valence-electron chi connectivity index (χ0n) is 12.3. The van der Waals surface area contributed by atoms with E-state index in [9.17, 15) is 4.79 Å². The van der Waals surface area contributed by atoms with Crippen LogP contribution in [0.15, 0.2) is 42.6 Å². The van der Waals surface area contributed by atoms with Gasteiger partial charge in [-0.3, -0.25) is 9.78 Å². The van der Waals surface area contributed by atoms with Gasteiger partial charge >= 0.3 is 0 Å². The second-order valence-electron chi connectivity index (χ2n) is 4.85. The third kappa shape index (κ3) is 3.72. The number of carbonyl (C=O) groups is 1. The number of anilines is 2. The topological polar surface area (TPSA) is 71.2 Å². The Morgan fingerprint density at radius 2 is 2.14 bits per heavy atom. The lowest BCUT2D eigenvalue weighted by molar-refractivity contribution is 0.0963. The minimum atomic E-state index is -0.116. The molecule has 110 valence electrons. The molecule has 0 atom stereocenters. The number of benzene rings is 1. The largest absolute Gasteiger partial charge is 0.399 e. The minimum absolute atomic E-state index is 0.116. The molecule has 0 unspecified atom stereocenters. The third-order valence-corrected chi connectivity index (χ3v) is 3.33. The first-order valence-corrected chi connectivity index (χ1v) is 6.84. The molecule has 5 nitrogen and oxygen atoms in total. The van der Waals surface area contributed by atoms with E-state index in [0.29, 0.717) is 11.3 Å². The lowest BCUT2D eigenvalue weighted by Gasteiger charge is -2.22. The molecule has 2 aromatic rings. The van der Waals surface area contributed by atoms with Crippen molar-refractivity contribution >= 4 is 17.3 Å². The first-order chi connectivity index (χ1) is 10.1. The van der Waals surface area contributed by atoms with Gasteiger partial charge in [-0.05, 0) is 30.3 Å². The zero-order valence-corrected chi connectivity index (χ0v) is 12.3. The maximum atomic E-state index is 11.9. The second kappa shape index (κ2) is 6.74. The lowest BCUT2D eigenvalue weighted by Crippen LogP contribution is -2.26. The molecule has 0 radical (unpaired) electrons. The molecular formula is C16H20N4O. The number of hydrogen-bond donors (Lipinski definition) is 2. The number of nitrogens with one attached hydrogen (secondary N) is 1. The molecule has 1 aromatic carbocycles. The van der Waals surface area contributed by atoms with E-state index < -0.39 is 0 Å². The average Bonchev–Trinajstić information content (AvgIpc) is 2.52. The molecule has 1 aromatic heterocycles. The Labute approximate surface area is 124 Å². The van der Waals surface area contributed by atoms with Gasteiger partial charge in [0.15, 0.2) is 0 Å². The van der Waals surface area contributed by atoms with E-state index in [1.54, 1.807) is 25.4 Å². The van der Waals surface area contributed by atoms with Crippen molar-refractivity contribution in [2.24, 2.45) is 0 Å². The number of hydrogen-bond acceptors (Lipinski definition) is 4. The summed E-state index contributed by atoms with van der Waals surface area (Å²) in [5.41, 5.74) is 8.95. The molecule has 3 N–H and O–H groups in total. The summed E-state index contributed by atoms with van der Waals surface area (Å²) in [5.74, 6) is -0.116. The van der Waals surface area contributed by atoms with Crippen molar-refractivity contribution in [1.29, 1.82) is 0 Å². The van der Waals surface area contributed by atoms with Crippen molar-refractivity contribution < 1.29 is 4.79 Å². The summed E-state index contributed by atoms with van der Waals surface area (Å²) in [6, 6.07) is 11.2. The molecule has 5 heteroatoms. The van der Waals surface area contributed by atoms with E-state index in [1.165, 1.54) is 0 Å². The summed E-state index contributed by atoms with van der Waals surface area (Å²) in [4.78, 5) is 18.3. The quantitative estimate of drug-likeness (QED) is 0.820. The Bertz CT molecular complexity index is 613. The van der Waals surface area contributed by atoms with Gasteiger partial charge in [0.25, 0.3) is 5.91 Å². The van der Waals surface area contributed by atoms with E-state index in [2.05, 4.69) is 10.3 Å². The van der Waals surface area contributed by atoms with Gasteiger partial charge in [0, 0.05) is 44.6 Å². The Morgan fingerprint density at radius 3 is 2.81 bits per heavy atom. The molecule has 0 aliphatic heterocycles. The second-order valence-corrected chi connectivity index (χ2v) is 4.85. The molecule has 0 aliphatic carbocycles. The number of nitrogen functional groups attached to an aromatic ring is 1. The van der Waals surface area contributed by atoms with Gasteiger partial charge < -0.3 is 16.0 Å². The molecular weight excluding hydrogens is 264 g/mol. The SMILES string of the molecule is CNC(=O)c1ccc(N)cc1N(C)CCc1ccccn1. The van der Waals surface area contributed by atoms with Gasteiger partial charge in [-0.1, -0.05) is 6.07 Å². The van der Waals surface area contributed by atoms with Gasteiger partial charge in [-0.25, -0.2) is 0 Å².